The average molecular weight is 312 g/mol. The van der Waals surface area contributed by atoms with Crippen molar-refractivity contribution in [1.29, 1.82) is 0 Å². The summed E-state index contributed by atoms with van der Waals surface area (Å²) in [6, 6.07) is 7.49. The molecule has 6 heteroatoms. The quantitative estimate of drug-likeness (QED) is 0.815. The van der Waals surface area contributed by atoms with Crippen molar-refractivity contribution in [2.45, 2.75) is 37.0 Å². The summed E-state index contributed by atoms with van der Waals surface area (Å²) in [5.74, 6) is 2.13. The van der Waals surface area contributed by atoms with Crippen LogP contribution in [0.1, 0.15) is 38.0 Å². The van der Waals surface area contributed by atoms with Crippen LogP contribution >= 0.6 is 23.4 Å². The minimum absolute atomic E-state index is 0.197. The van der Waals surface area contributed by atoms with Gasteiger partial charge in [0.25, 0.3) is 0 Å². The molecule has 0 fully saturated rings. The van der Waals surface area contributed by atoms with Gasteiger partial charge in [0.05, 0.1) is 11.8 Å². The summed E-state index contributed by atoms with van der Waals surface area (Å²) in [7, 11) is 0. The van der Waals surface area contributed by atoms with Gasteiger partial charge in [-0.2, -0.15) is 4.98 Å². The molecular weight excluding hydrogens is 294 g/mol. The first-order valence-corrected chi connectivity index (χ1v) is 7.93. The lowest BCUT2D eigenvalue weighted by atomic mass is 10.0. The van der Waals surface area contributed by atoms with Gasteiger partial charge in [-0.3, -0.25) is 0 Å². The van der Waals surface area contributed by atoms with Crippen LogP contribution in [0.15, 0.2) is 33.7 Å². The van der Waals surface area contributed by atoms with Gasteiger partial charge in [0.1, 0.15) is 0 Å². The molecule has 0 aliphatic heterocycles. The van der Waals surface area contributed by atoms with Crippen molar-refractivity contribution in [3.63, 3.8) is 0 Å². The molecule has 1 heterocycles. The predicted molar refractivity (Wildman–Crippen MR) is 81.7 cm³/mol. The molecule has 0 saturated carbocycles. The standard InChI is InChI=1S/C14H18ClN3OS/c1-3-9(2)13(16)14-17-12(18-19-14)8-20-11-6-4-5-10(15)7-11/h4-7,9,13H,3,8,16H2,1-2H3/t9?,13-/m0/s1. The number of thioether (sulfide) groups is 1. The van der Waals surface area contributed by atoms with Gasteiger partial charge in [0.15, 0.2) is 5.82 Å². The molecule has 20 heavy (non-hydrogen) atoms. The van der Waals surface area contributed by atoms with Crippen LogP contribution in [0.4, 0.5) is 0 Å². The fraction of sp³-hybridized carbons (Fsp3) is 0.429. The number of halogens is 1. The second kappa shape index (κ2) is 7.11. The van der Waals surface area contributed by atoms with Crippen molar-refractivity contribution in [2.24, 2.45) is 11.7 Å². The Hall–Kier alpha value is -1.04. The van der Waals surface area contributed by atoms with Gasteiger partial charge in [-0.15, -0.1) is 11.8 Å². The van der Waals surface area contributed by atoms with E-state index in [1.54, 1.807) is 11.8 Å². The molecule has 2 aromatic rings. The van der Waals surface area contributed by atoms with Gasteiger partial charge in [-0.1, -0.05) is 43.1 Å². The third-order valence-electron chi connectivity index (χ3n) is 3.19. The normalized spacial score (nSPS) is 14.2. The molecular formula is C14H18ClN3OS. The van der Waals surface area contributed by atoms with E-state index in [1.807, 2.05) is 24.3 Å². The Morgan fingerprint density at radius 3 is 2.95 bits per heavy atom. The van der Waals surface area contributed by atoms with Gasteiger partial charge >= 0.3 is 0 Å². The van der Waals surface area contributed by atoms with Gasteiger partial charge in [0.2, 0.25) is 5.89 Å². The maximum Gasteiger partial charge on any atom is 0.243 e. The van der Waals surface area contributed by atoms with Gasteiger partial charge in [0, 0.05) is 9.92 Å². The minimum atomic E-state index is -0.197. The first-order chi connectivity index (χ1) is 9.60. The molecule has 108 valence electrons. The van der Waals surface area contributed by atoms with Crippen LogP contribution in [0, 0.1) is 5.92 Å². The Bertz CT molecular complexity index is 561. The van der Waals surface area contributed by atoms with E-state index in [4.69, 9.17) is 21.9 Å². The number of hydrogen-bond donors (Lipinski definition) is 1. The summed E-state index contributed by atoms with van der Waals surface area (Å²) in [5.41, 5.74) is 6.07. The van der Waals surface area contributed by atoms with Crippen molar-refractivity contribution in [3.8, 4) is 0 Å². The lowest BCUT2D eigenvalue weighted by Crippen LogP contribution is -2.18. The van der Waals surface area contributed by atoms with E-state index in [0.717, 1.165) is 16.3 Å². The molecule has 0 radical (unpaired) electrons. The van der Waals surface area contributed by atoms with E-state index in [0.29, 0.717) is 23.4 Å². The fourth-order valence-corrected chi connectivity index (χ4v) is 2.72. The highest BCUT2D eigenvalue weighted by molar-refractivity contribution is 7.98. The highest BCUT2D eigenvalue weighted by Crippen LogP contribution is 2.25. The van der Waals surface area contributed by atoms with Crippen molar-refractivity contribution >= 4 is 23.4 Å². The number of nitrogens with zero attached hydrogens (tertiary/aromatic N) is 2. The lowest BCUT2D eigenvalue weighted by Gasteiger charge is -2.12. The van der Waals surface area contributed by atoms with Crippen molar-refractivity contribution < 1.29 is 4.52 Å². The lowest BCUT2D eigenvalue weighted by molar-refractivity contribution is 0.311. The van der Waals surface area contributed by atoms with Crippen LogP contribution in [-0.4, -0.2) is 10.1 Å². The molecule has 0 aliphatic rings. The van der Waals surface area contributed by atoms with E-state index < -0.39 is 0 Å². The number of benzene rings is 1. The third kappa shape index (κ3) is 3.98. The molecule has 1 unspecified atom stereocenters. The SMILES string of the molecule is CCC(C)[C@H](N)c1nc(CSc2cccc(Cl)c2)no1. The van der Waals surface area contributed by atoms with Gasteiger partial charge in [-0.25, -0.2) is 0 Å². The Labute approximate surface area is 128 Å². The highest BCUT2D eigenvalue weighted by atomic mass is 35.5. The number of nitrogens with two attached hydrogens (primary N) is 1. The minimum Gasteiger partial charge on any atom is -0.338 e. The number of aromatic nitrogens is 2. The van der Waals surface area contributed by atoms with Crippen LogP contribution < -0.4 is 5.73 Å². The summed E-state index contributed by atoms with van der Waals surface area (Å²) in [6.45, 7) is 4.17. The zero-order valence-electron chi connectivity index (χ0n) is 11.5. The van der Waals surface area contributed by atoms with Crippen LogP contribution in [-0.2, 0) is 5.75 Å². The van der Waals surface area contributed by atoms with E-state index in [9.17, 15) is 0 Å². The smallest absolute Gasteiger partial charge is 0.243 e. The molecule has 2 atom stereocenters. The summed E-state index contributed by atoms with van der Waals surface area (Å²) < 4.78 is 5.24. The number of hydrogen-bond acceptors (Lipinski definition) is 5. The molecule has 2 rings (SSSR count). The topological polar surface area (TPSA) is 64.9 Å². The maximum absolute atomic E-state index is 6.07. The Morgan fingerprint density at radius 1 is 1.45 bits per heavy atom. The third-order valence-corrected chi connectivity index (χ3v) is 4.41. The van der Waals surface area contributed by atoms with E-state index in [2.05, 4.69) is 24.0 Å². The van der Waals surface area contributed by atoms with Crippen LogP contribution in [0.2, 0.25) is 5.02 Å². The summed E-state index contributed by atoms with van der Waals surface area (Å²) >= 11 is 7.56. The predicted octanol–water partition coefficient (Wildman–Crippen LogP) is 4.06. The monoisotopic (exact) mass is 311 g/mol. The molecule has 2 N–H and O–H groups in total. The van der Waals surface area contributed by atoms with Gasteiger partial charge in [-0.05, 0) is 24.1 Å². The summed E-state index contributed by atoms with van der Waals surface area (Å²) in [6.07, 6.45) is 0.982. The molecule has 0 saturated heterocycles. The molecule has 1 aromatic carbocycles. The van der Waals surface area contributed by atoms with Gasteiger partial charge < -0.3 is 10.3 Å². The summed E-state index contributed by atoms with van der Waals surface area (Å²) in [4.78, 5) is 5.44. The summed E-state index contributed by atoms with van der Waals surface area (Å²) in [5, 5.41) is 4.70. The molecule has 4 nitrogen and oxygen atoms in total. The first-order valence-electron chi connectivity index (χ1n) is 6.56. The fourth-order valence-electron chi connectivity index (χ4n) is 1.66. The van der Waals surface area contributed by atoms with Crippen molar-refractivity contribution in [2.75, 3.05) is 0 Å². The largest absolute Gasteiger partial charge is 0.338 e. The molecule has 0 amide bonds. The van der Waals surface area contributed by atoms with Crippen molar-refractivity contribution in [3.05, 3.63) is 41.0 Å². The van der Waals surface area contributed by atoms with E-state index in [1.165, 1.54) is 0 Å². The number of rotatable bonds is 6. The Kier molecular flexibility index (Phi) is 5.46. The Morgan fingerprint density at radius 2 is 2.25 bits per heavy atom. The van der Waals surface area contributed by atoms with E-state index in [-0.39, 0.29) is 6.04 Å². The van der Waals surface area contributed by atoms with Crippen LogP contribution in [0.5, 0.6) is 0 Å². The van der Waals surface area contributed by atoms with Crippen LogP contribution in [0.3, 0.4) is 0 Å². The zero-order chi connectivity index (χ0) is 14.5. The second-order valence-electron chi connectivity index (χ2n) is 4.71. The molecule has 0 aliphatic carbocycles. The Balaban J connectivity index is 1.96. The highest BCUT2D eigenvalue weighted by Gasteiger charge is 2.19. The average Bonchev–Trinajstić information content (AvgIpc) is 2.92. The molecule has 0 spiro atoms. The molecule has 0 bridgehead atoms. The first kappa shape index (κ1) is 15.4. The maximum atomic E-state index is 6.07. The second-order valence-corrected chi connectivity index (χ2v) is 6.19. The van der Waals surface area contributed by atoms with Crippen LogP contribution in [0.25, 0.3) is 0 Å². The zero-order valence-corrected chi connectivity index (χ0v) is 13.1. The van der Waals surface area contributed by atoms with E-state index >= 15 is 0 Å². The van der Waals surface area contributed by atoms with Crippen molar-refractivity contribution in [1.82, 2.24) is 10.1 Å². The molecule has 1 aromatic heterocycles.